The second-order valence-corrected chi connectivity index (χ2v) is 6.91. The molecule has 0 aromatic rings. The zero-order chi connectivity index (χ0) is 14.6. The van der Waals surface area contributed by atoms with Crippen molar-refractivity contribution < 1.29 is 9.59 Å². The van der Waals surface area contributed by atoms with Gasteiger partial charge in [0.2, 0.25) is 11.8 Å². The number of nitrogens with zero attached hydrogens (tertiary/aromatic N) is 1. The summed E-state index contributed by atoms with van der Waals surface area (Å²) in [6.45, 7) is 2.79. The molecule has 0 aromatic carbocycles. The Morgan fingerprint density at radius 1 is 1.35 bits per heavy atom. The number of rotatable bonds is 6. The molecule has 1 unspecified atom stereocenters. The summed E-state index contributed by atoms with van der Waals surface area (Å²) < 4.78 is 0. The largest absolute Gasteiger partial charge is 0.340 e. The van der Waals surface area contributed by atoms with E-state index in [9.17, 15) is 9.59 Å². The molecule has 4 nitrogen and oxygen atoms in total. The van der Waals surface area contributed by atoms with Crippen molar-refractivity contribution in [3.05, 3.63) is 0 Å². The molecular weight excluding hydrogens is 272 g/mol. The fourth-order valence-corrected chi connectivity index (χ4v) is 3.86. The first kappa shape index (κ1) is 15.7. The summed E-state index contributed by atoms with van der Waals surface area (Å²) in [6.07, 6.45) is 8.46. The number of amides is 2. The molecule has 0 bridgehead atoms. The van der Waals surface area contributed by atoms with E-state index in [-0.39, 0.29) is 17.9 Å². The van der Waals surface area contributed by atoms with Gasteiger partial charge in [-0.15, -0.1) is 0 Å². The fourth-order valence-electron chi connectivity index (χ4n) is 3.44. The Bertz CT molecular complexity index is 367. The molecule has 1 aliphatic heterocycles. The summed E-state index contributed by atoms with van der Waals surface area (Å²) in [4.78, 5) is 27.2. The number of hydrogen-bond donors (Lipinski definition) is 1. The van der Waals surface area contributed by atoms with Crippen LogP contribution >= 0.6 is 11.8 Å². The lowest BCUT2D eigenvalue weighted by atomic mass is 9.89. The Morgan fingerprint density at radius 3 is 2.65 bits per heavy atom. The molecule has 0 aromatic heterocycles. The molecule has 0 radical (unpaired) electrons. The van der Waals surface area contributed by atoms with Crippen molar-refractivity contribution in [1.29, 1.82) is 0 Å². The summed E-state index contributed by atoms with van der Waals surface area (Å²) >= 11 is 1.79. The summed E-state index contributed by atoms with van der Waals surface area (Å²) in [5.41, 5.74) is -0.569. The van der Waals surface area contributed by atoms with Crippen molar-refractivity contribution in [2.75, 3.05) is 18.6 Å². The molecule has 2 rings (SSSR count). The van der Waals surface area contributed by atoms with Gasteiger partial charge in [-0.1, -0.05) is 26.2 Å². The predicted octanol–water partition coefficient (Wildman–Crippen LogP) is 2.18. The number of carbonyl (C=O) groups is 2. The topological polar surface area (TPSA) is 49.4 Å². The molecule has 5 heteroatoms. The van der Waals surface area contributed by atoms with E-state index in [0.717, 1.165) is 57.2 Å². The minimum absolute atomic E-state index is 0.0671. The highest BCUT2D eigenvalue weighted by atomic mass is 32.2. The summed E-state index contributed by atoms with van der Waals surface area (Å²) in [6, 6.07) is -0.249. The third kappa shape index (κ3) is 2.97. The SMILES string of the molecule is CCCC1C(=O)NC2(CCCC2)C(=O)N1CCCSC. The second-order valence-electron chi connectivity index (χ2n) is 5.93. The van der Waals surface area contributed by atoms with Crippen molar-refractivity contribution in [3.8, 4) is 0 Å². The monoisotopic (exact) mass is 298 g/mol. The average molecular weight is 298 g/mol. The van der Waals surface area contributed by atoms with Crippen LogP contribution in [0.4, 0.5) is 0 Å². The Balaban J connectivity index is 2.14. The Morgan fingerprint density at radius 2 is 2.05 bits per heavy atom. The van der Waals surface area contributed by atoms with Crippen LogP contribution in [0.15, 0.2) is 0 Å². The van der Waals surface area contributed by atoms with Crippen LogP contribution in [-0.4, -0.2) is 46.8 Å². The van der Waals surface area contributed by atoms with Gasteiger partial charge in [0.05, 0.1) is 0 Å². The maximum absolute atomic E-state index is 12.9. The van der Waals surface area contributed by atoms with Crippen LogP contribution in [0.3, 0.4) is 0 Å². The van der Waals surface area contributed by atoms with E-state index in [2.05, 4.69) is 18.5 Å². The van der Waals surface area contributed by atoms with Gasteiger partial charge in [-0.25, -0.2) is 0 Å². The zero-order valence-electron chi connectivity index (χ0n) is 12.6. The molecule has 2 aliphatic rings. The van der Waals surface area contributed by atoms with Gasteiger partial charge in [-0.3, -0.25) is 9.59 Å². The molecule has 1 N–H and O–H groups in total. The molecule has 1 atom stereocenters. The number of hydrogen-bond acceptors (Lipinski definition) is 3. The van der Waals surface area contributed by atoms with Gasteiger partial charge in [-0.05, 0) is 37.7 Å². The normalized spacial score (nSPS) is 25.3. The molecule has 1 spiro atoms. The van der Waals surface area contributed by atoms with Crippen molar-refractivity contribution in [2.45, 2.75) is 63.5 Å². The van der Waals surface area contributed by atoms with Crippen LogP contribution in [0.5, 0.6) is 0 Å². The van der Waals surface area contributed by atoms with Gasteiger partial charge < -0.3 is 10.2 Å². The first-order valence-electron chi connectivity index (χ1n) is 7.76. The van der Waals surface area contributed by atoms with E-state index >= 15 is 0 Å². The zero-order valence-corrected chi connectivity index (χ0v) is 13.4. The third-order valence-electron chi connectivity index (χ3n) is 4.48. The molecule has 114 valence electrons. The van der Waals surface area contributed by atoms with Crippen molar-refractivity contribution in [3.63, 3.8) is 0 Å². The van der Waals surface area contributed by atoms with E-state index < -0.39 is 5.54 Å². The summed E-state index contributed by atoms with van der Waals surface area (Å²) in [7, 11) is 0. The highest BCUT2D eigenvalue weighted by Gasteiger charge is 2.51. The summed E-state index contributed by atoms with van der Waals surface area (Å²) in [5.74, 6) is 1.28. The summed E-state index contributed by atoms with van der Waals surface area (Å²) in [5, 5.41) is 3.06. The van der Waals surface area contributed by atoms with Gasteiger partial charge in [-0.2, -0.15) is 11.8 Å². The van der Waals surface area contributed by atoms with E-state index in [4.69, 9.17) is 0 Å². The standard InChI is InChI=1S/C15H26N2O2S/c1-3-7-12-13(18)16-15(8-4-5-9-15)14(19)17(12)10-6-11-20-2/h12H,3-11H2,1-2H3,(H,16,18). The van der Waals surface area contributed by atoms with Crippen LogP contribution in [-0.2, 0) is 9.59 Å². The van der Waals surface area contributed by atoms with Crippen LogP contribution in [0.25, 0.3) is 0 Å². The van der Waals surface area contributed by atoms with Crippen LogP contribution in [0.2, 0.25) is 0 Å². The quantitative estimate of drug-likeness (QED) is 0.765. The third-order valence-corrected chi connectivity index (χ3v) is 5.18. The average Bonchev–Trinajstić information content (AvgIpc) is 2.89. The van der Waals surface area contributed by atoms with Gasteiger partial charge >= 0.3 is 0 Å². The van der Waals surface area contributed by atoms with E-state index in [1.54, 1.807) is 11.8 Å². The first-order valence-corrected chi connectivity index (χ1v) is 9.16. The minimum Gasteiger partial charge on any atom is -0.340 e. The van der Waals surface area contributed by atoms with Crippen LogP contribution in [0.1, 0.15) is 51.9 Å². The highest BCUT2D eigenvalue weighted by Crippen LogP contribution is 2.35. The number of carbonyl (C=O) groups excluding carboxylic acids is 2. The number of piperazine rings is 1. The van der Waals surface area contributed by atoms with Crippen LogP contribution < -0.4 is 5.32 Å². The molecule has 1 heterocycles. The fraction of sp³-hybridized carbons (Fsp3) is 0.867. The van der Waals surface area contributed by atoms with E-state index in [0.29, 0.717) is 0 Å². The molecule has 1 aliphatic carbocycles. The van der Waals surface area contributed by atoms with Crippen molar-refractivity contribution in [2.24, 2.45) is 0 Å². The second kappa shape index (κ2) is 6.83. The highest BCUT2D eigenvalue weighted by molar-refractivity contribution is 7.98. The Kier molecular flexibility index (Phi) is 5.35. The maximum atomic E-state index is 12.9. The van der Waals surface area contributed by atoms with Crippen LogP contribution in [0, 0.1) is 0 Å². The van der Waals surface area contributed by atoms with Crippen molar-refractivity contribution in [1.82, 2.24) is 10.2 Å². The van der Waals surface area contributed by atoms with Gasteiger partial charge in [0, 0.05) is 6.54 Å². The Hall–Kier alpha value is -0.710. The van der Waals surface area contributed by atoms with Gasteiger partial charge in [0.15, 0.2) is 0 Å². The van der Waals surface area contributed by atoms with E-state index in [1.807, 2.05) is 4.90 Å². The molecule has 2 fully saturated rings. The maximum Gasteiger partial charge on any atom is 0.249 e. The smallest absolute Gasteiger partial charge is 0.249 e. The molecule has 20 heavy (non-hydrogen) atoms. The Labute approximate surface area is 126 Å². The molecule has 1 saturated heterocycles. The first-order chi connectivity index (χ1) is 9.64. The molecule has 1 saturated carbocycles. The number of nitrogens with one attached hydrogen (secondary N) is 1. The lowest BCUT2D eigenvalue weighted by Crippen LogP contribution is -2.69. The minimum atomic E-state index is -0.569. The predicted molar refractivity (Wildman–Crippen MR) is 82.7 cm³/mol. The lowest BCUT2D eigenvalue weighted by Gasteiger charge is -2.44. The van der Waals surface area contributed by atoms with Crippen molar-refractivity contribution >= 4 is 23.6 Å². The van der Waals surface area contributed by atoms with E-state index in [1.165, 1.54) is 0 Å². The molecule has 2 amide bonds. The number of thioether (sulfide) groups is 1. The lowest BCUT2D eigenvalue weighted by molar-refractivity contribution is -0.155. The van der Waals surface area contributed by atoms with Gasteiger partial charge in [0.25, 0.3) is 0 Å². The molecular formula is C15H26N2O2S. The van der Waals surface area contributed by atoms with Gasteiger partial charge in [0.1, 0.15) is 11.6 Å².